The van der Waals surface area contributed by atoms with Crippen LogP contribution in [0.1, 0.15) is 25.1 Å². The first kappa shape index (κ1) is 16.4. The predicted molar refractivity (Wildman–Crippen MR) is 77.3 cm³/mol. The molecule has 0 spiro atoms. The fourth-order valence-electron chi connectivity index (χ4n) is 2.34. The maximum absolute atomic E-state index is 11.9. The summed E-state index contributed by atoms with van der Waals surface area (Å²) in [6.45, 7) is 2.81. The van der Waals surface area contributed by atoms with Crippen molar-refractivity contribution in [3.05, 3.63) is 32.6 Å². The molecule has 1 saturated heterocycles. The number of aliphatic hydroxyl groups is 1. The lowest BCUT2D eigenvalue weighted by Crippen LogP contribution is -2.47. The lowest BCUT2D eigenvalue weighted by atomic mass is 10.1. The number of nitrogens with two attached hydrogens (primary N) is 1. The highest BCUT2D eigenvalue weighted by atomic mass is 16.5. The number of nitrogens with zero attached hydrogens (tertiary/aromatic N) is 1. The van der Waals surface area contributed by atoms with Gasteiger partial charge in [0.15, 0.2) is 0 Å². The minimum Gasteiger partial charge on any atom is -0.394 e. The minimum absolute atomic E-state index is 0.287. The number of hydrogen-bond donors (Lipinski definition) is 4. The zero-order valence-corrected chi connectivity index (χ0v) is 12.4. The molecule has 1 amide bonds. The summed E-state index contributed by atoms with van der Waals surface area (Å²) in [5.74, 6) is -0.363. The van der Waals surface area contributed by atoms with Crippen molar-refractivity contribution >= 4 is 5.91 Å². The number of rotatable bonds is 4. The highest BCUT2D eigenvalue weighted by molar-refractivity contribution is 5.81. The van der Waals surface area contributed by atoms with E-state index in [9.17, 15) is 19.5 Å². The Morgan fingerprint density at radius 1 is 1.64 bits per heavy atom. The molecule has 9 nitrogen and oxygen atoms in total. The Balaban J connectivity index is 2.22. The molecule has 1 aliphatic rings. The van der Waals surface area contributed by atoms with E-state index in [1.165, 1.54) is 10.8 Å². The number of carbonyl (C=O) groups is 1. The second kappa shape index (κ2) is 6.42. The molecule has 2 rings (SSSR count). The standard InChI is InChI=1S/C13H20N4O5/c1-6-4-17(13(21)16-11(6)19)10-3-8(9(5-18)22-10)15-12(20)7(2)14/h4,7-10,18H,3,5,14H2,1-2H3,(H,15,20)(H,16,19,21)/t7-,8-,9+,10+/m0/s1. The fraction of sp³-hybridized carbons (Fsp3) is 0.615. The normalized spacial score (nSPS) is 25.9. The van der Waals surface area contributed by atoms with Crippen molar-refractivity contribution in [3.8, 4) is 0 Å². The molecule has 1 aromatic rings. The second-order valence-corrected chi connectivity index (χ2v) is 5.43. The summed E-state index contributed by atoms with van der Waals surface area (Å²) >= 11 is 0. The van der Waals surface area contributed by atoms with Gasteiger partial charge in [0.25, 0.3) is 5.56 Å². The zero-order chi connectivity index (χ0) is 16.4. The third kappa shape index (κ3) is 3.26. The Hall–Kier alpha value is -1.97. The van der Waals surface area contributed by atoms with Crippen LogP contribution < -0.4 is 22.3 Å². The highest BCUT2D eigenvalue weighted by Gasteiger charge is 2.37. The van der Waals surface area contributed by atoms with Crippen molar-refractivity contribution in [2.75, 3.05) is 6.61 Å². The van der Waals surface area contributed by atoms with E-state index in [1.54, 1.807) is 13.8 Å². The van der Waals surface area contributed by atoms with Crippen LogP contribution in [-0.2, 0) is 9.53 Å². The third-order valence-electron chi connectivity index (χ3n) is 3.61. The van der Waals surface area contributed by atoms with Crippen molar-refractivity contribution in [1.29, 1.82) is 0 Å². The number of amides is 1. The Kier molecular flexibility index (Phi) is 4.79. The molecule has 2 heterocycles. The Labute approximate surface area is 126 Å². The van der Waals surface area contributed by atoms with E-state index in [2.05, 4.69) is 10.3 Å². The Morgan fingerprint density at radius 3 is 2.91 bits per heavy atom. The summed E-state index contributed by atoms with van der Waals surface area (Å²) in [7, 11) is 0. The zero-order valence-electron chi connectivity index (χ0n) is 12.4. The monoisotopic (exact) mass is 312 g/mol. The van der Waals surface area contributed by atoms with Gasteiger partial charge in [-0.15, -0.1) is 0 Å². The van der Waals surface area contributed by atoms with Crippen molar-refractivity contribution in [3.63, 3.8) is 0 Å². The number of hydrogen-bond acceptors (Lipinski definition) is 6. The van der Waals surface area contributed by atoms with Crippen LogP contribution >= 0.6 is 0 Å². The van der Waals surface area contributed by atoms with Crippen LogP contribution in [-0.4, -0.2) is 45.4 Å². The number of nitrogens with one attached hydrogen (secondary N) is 2. The van der Waals surface area contributed by atoms with E-state index in [-0.39, 0.29) is 18.9 Å². The first-order valence-corrected chi connectivity index (χ1v) is 6.97. The molecule has 0 radical (unpaired) electrons. The second-order valence-electron chi connectivity index (χ2n) is 5.43. The van der Waals surface area contributed by atoms with Gasteiger partial charge in [-0.1, -0.05) is 0 Å². The maximum atomic E-state index is 11.9. The van der Waals surface area contributed by atoms with Crippen LogP contribution in [0.3, 0.4) is 0 Å². The summed E-state index contributed by atoms with van der Waals surface area (Å²) in [4.78, 5) is 37.1. The van der Waals surface area contributed by atoms with Gasteiger partial charge in [-0.3, -0.25) is 19.1 Å². The van der Waals surface area contributed by atoms with Crippen molar-refractivity contribution in [2.24, 2.45) is 5.73 Å². The van der Waals surface area contributed by atoms with Crippen molar-refractivity contribution in [2.45, 2.75) is 44.7 Å². The quantitative estimate of drug-likeness (QED) is 0.505. The predicted octanol–water partition coefficient (Wildman–Crippen LogP) is -2.04. The summed E-state index contributed by atoms with van der Waals surface area (Å²) in [6, 6.07) is -1.15. The van der Waals surface area contributed by atoms with Crippen molar-refractivity contribution < 1.29 is 14.6 Å². The van der Waals surface area contributed by atoms with Gasteiger partial charge in [0.2, 0.25) is 5.91 Å². The van der Waals surface area contributed by atoms with Gasteiger partial charge >= 0.3 is 5.69 Å². The number of H-pyrrole nitrogens is 1. The van der Waals surface area contributed by atoms with E-state index in [1.807, 2.05) is 0 Å². The van der Waals surface area contributed by atoms with Crippen LogP contribution in [0.5, 0.6) is 0 Å². The summed E-state index contributed by atoms with van der Waals surface area (Å²) in [5, 5.41) is 12.1. The molecule has 1 aliphatic heterocycles. The number of aromatic nitrogens is 2. The molecule has 122 valence electrons. The molecule has 5 N–H and O–H groups in total. The van der Waals surface area contributed by atoms with Crippen LogP contribution in [0.2, 0.25) is 0 Å². The maximum Gasteiger partial charge on any atom is 0.330 e. The molecule has 0 saturated carbocycles. The van der Waals surface area contributed by atoms with Gasteiger partial charge in [-0.25, -0.2) is 4.79 Å². The topological polar surface area (TPSA) is 139 Å². The molecule has 0 aromatic carbocycles. The average molecular weight is 312 g/mol. The smallest absolute Gasteiger partial charge is 0.330 e. The summed E-state index contributed by atoms with van der Waals surface area (Å²) < 4.78 is 6.85. The highest BCUT2D eigenvalue weighted by Crippen LogP contribution is 2.27. The molecule has 22 heavy (non-hydrogen) atoms. The van der Waals surface area contributed by atoms with E-state index in [4.69, 9.17) is 10.5 Å². The van der Waals surface area contributed by atoms with E-state index >= 15 is 0 Å². The summed E-state index contributed by atoms with van der Waals surface area (Å²) in [6.07, 6.45) is 0.357. The van der Waals surface area contributed by atoms with E-state index in [0.29, 0.717) is 5.56 Å². The Morgan fingerprint density at radius 2 is 2.32 bits per heavy atom. The SMILES string of the molecule is Cc1cn([C@H]2C[C@H](NC(=O)[C@H](C)N)[C@@H](CO)O2)c(=O)[nH]c1=O. The van der Waals surface area contributed by atoms with Gasteiger partial charge in [0.1, 0.15) is 12.3 Å². The molecule has 4 atom stereocenters. The number of aryl methyl sites for hydroxylation is 1. The summed E-state index contributed by atoms with van der Waals surface area (Å²) in [5.41, 5.74) is 4.81. The first-order valence-electron chi connectivity index (χ1n) is 6.97. The van der Waals surface area contributed by atoms with Gasteiger partial charge in [-0.2, -0.15) is 0 Å². The number of carbonyl (C=O) groups excluding carboxylic acids is 1. The van der Waals surface area contributed by atoms with E-state index < -0.39 is 35.7 Å². The molecular weight excluding hydrogens is 292 g/mol. The molecule has 1 aromatic heterocycles. The van der Waals surface area contributed by atoms with Gasteiger partial charge < -0.3 is 20.9 Å². The molecule has 1 fully saturated rings. The van der Waals surface area contributed by atoms with Gasteiger partial charge in [0, 0.05) is 18.2 Å². The molecule has 9 heteroatoms. The van der Waals surface area contributed by atoms with Crippen LogP contribution in [0, 0.1) is 6.92 Å². The largest absolute Gasteiger partial charge is 0.394 e. The molecular formula is C13H20N4O5. The number of aromatic amines is 1. The average Bonchev–Trinajstić information content (AvgIpc) is 2.85. The van der Waals surface area contributed by atoms with Gasteiger partial charge in [0.05, 0.1) is 18.7 Å². The molecule has 0 bridgehead atoms. The van der Waals surface area contributed by atoms with Crippen LogP contribution in [0.15, 0.2) is 15.8 Å². The van der Waals surface area contributed by atoms with Gasteiger partial charge in [-0.05, 0) is 13.8 Å². The minimum atomic E-state index is -0.684. The number of ether oxygens (including phenoxy) is 1. The lowest BCUT2D eigenvalue weighted by molar-refractivity contribution is -0.123. The number of aliphatic hydroxyl groups excluding tert-OH is 1. The third-order valence-corrected chi connectivity index (χ3v) is 3.61. The van der Waals surface area contributed by atoms with Crippen LogP contribution in [0.4, 0.5) is 0 Å². The fourth-order valence-corrected chi connectivity index (χ4v) is 2.34. The first-order chi connectivity index (χ1) is 10.3. The lowest BCUT2D eigenvalue weighted by Gasteiger charge is -2.18. The Bertz CT molecular complexity index is 665. The molecule has 0 aliphatic carbocycles. The molecule has 0 unspecified atom stereocenters. The van der Waals surface area contributed by atoms with Crippen LogP contribution in [0.25, 0.3) is 0 Å². The van der Waals surface area contributed by atoms with E-state index in [0.717, 1.165) is 0 Å². The van der Waals surface area contributed by atoms with Crippen molar-refractivity contribution in [1.82, 2.24) is 14.9 Å².